The summed E-state index contributed by atoms with van der Waals surface area (Å²) in [6.07, 6.45) is 3.75. The van der Waals surface area contributed by atoms with Gasteiger partial charge in [0.15, 0.2) is 5.82 Å². The van der Waals surface area contributed by atoms with Crippen LogP contribution in [0, 0.1) is 0 Å². The molecule has 1 aromatic rings. The molecule has 7 nitrogen and oxygen atoms in total. The number of anilines is 1. The fraction of sp³-hybridized carbons (Fsp3) is 0.500. The molecular formula is C10H15N5O2. The smallest absolute Gasteiger partial charge is 0.244 e. The normalized spacial score (nSPS) is 20.2. The molecule has 2 rings (SSSR count). The van der Waals surface area contributed by atoms with Crippen molar-refractivity contribution >= 4 is 11.7 Å². The Kier molecular flexibility index (Phi) is 3.50. The van der Waals surface area contributed by atoms with Crippen LogP contribution in [0.4, 0.5) is 5.82 Å². The molecule has 0 radical (unpaired) electrons. The van der Waals surface area contributed by atoms with Gasteiger partial charge in [0.1, 0.15) is 6.04 Å². The molecule has 92 valence electrons. The number of nitrogens with one attached hydrogen (secondary N) is 2. The first kappa shape index (κ1) is 11.7. The van der Waals surface area contributed by atoms with Gasteiger partial charge in [-0.2, -0.15) is 4.98 Å². The Hall–Kier alpha value is -1.73. The largest absolute Gasteiger partial charge is 0.480 e. The van der Waals surface area contributed by atoms with Crippen LogP contribution in [0.3, 0.4) is 0 Å². The van der Waals surface area contributed by atoms with Crippen LogP contribution in [0.25, 0.3) is 0 Å². The Morgan fingerprint density at radius 2 is 2.47 bits per heavy atom. The van der Waals surface area contributed by atoms with Crippen molar-refractivity contribution in [1.29, 1.82) is 0 Å². The van der Waals surface area contributed by atoms with E-state index in [0.29, 0.717) is 11.7 Å². The van der Waals surface area contributed by atoms with Gasteiger partial charge in [-0.3, -0.25) is 9.78 Å². The number of carbonyl (C=O) groups excluding carboxylic acids is 1. The van der Waals surface area contributed by atoms with Crippen LogP contribution in [0.15, 0.2) is 12.4 Å². The average Bonchev–Trinajstić information content (AvgIpc) is 2.76. The second-order valence-corrected chi connectivity index (χ2v) is 3.83. The SMILES string of the molecule is COc1cncc(NC(=O)C2CCN(C)N2)n1. The fourth-order valence-corrected chi connectivity index (χ4v) is 1.63. The summed E-state index contributed by atoms with van der Waals surface area (Å²) in [5.41, 5.74) is 3.04. The molecule has 1 amide bonds. The maximum absolute atomic E-state index is 11.9. The molecule has 2 N–H and O–H groups in total. The minimum atomic E-state index is -0.215. The summed E-state index contributed by atoms with van der Waals surface area (Å²) in [4.78, 5) is 19.8. The lowest BCUT2D eigenvalue weighted by atomic mass is 10.2. The first-order chi connectivity index (χ1) is 8.19. The molecule has 1 unspecified atom stereocenters. The molecule has 1 aliphatic rings. The zero-order valence-electron chi connectivity index (χ0n) is 9.80. The number of hydrogen-bond donors (Lipinski definition) is 2. The second kappa shape index (κ2) is 5.07. The van der Waals surface area contributed by atoms with Crippen LogP contribution in [-0.4, -0.2) is 47.6 Å². The number of nitrogens with zero attached hydrogens (tertiary/aromatic N) is 3. The Morgan fingerprint density at radius 3 is 3.12 bits per heavy atom. The van der Waals surface area contributed by atoms with Crippen molar-refractivity contribution in [2.45, 2.75) is 12.5 Å². The second-order valence-electron chi connectivity index (χ2n) is 3.83. The van der Waals surface area contributed by atoms with Gasteiger partial charge in [-0.25, -0.2) is 10.4 Å². The van der Waals surface area contributed by atoms with Crippen molar-refractivity contribution in [2.24, 2.45) is 0 Å². The number of hydrazine groups is 1. The van der Waals surface area contributed by atoms with Gasteiger partial charge in [0.25, 0.3) is 0 Å². The van der Waals surface area contributed by atoms with E-state index in [1.54, 1.807) is 0 Å². The number of methoxy groups -OCH3 is 1. The summed E-state index contributed by atoms with van der Waals surface area (Å²) >= 11 is 0. The molecule has 1 aromatic heterocycles. The van der Waals surface area contributed by atoms with Crippen LogP contribution >= 0.6 is 0 Å². The van der Waals surface area contributed by atoms with Crippen molar-refractivity contribution in [1.82, 2.24) is 20.4 Å². The monoisotopic (exact) mass is 237 g/mol. The van der Waals surface area contributed by atoms with E-state index < -0.39 is 0 Å². The van der Waals surface area contributed by atoms with Crippen molar-refractivity contribution in [2.75, 3.05) is 26.0 Å². The molecule has 0 spiro atoms. The molecule has 0 saturated carbocycles. The molecule has 17 heavy (non-hydrogen) atoms. The average molecular weight is 237 g/mol. The van der Waals surface area contributed by atoms with Crippen molar-refractivity contribution < 1.29 is 9.53 Å². The number of hydrogen-bond acceptors (Lipinski definition) is 6. The molecule has 1 aliphatic heterocycles. The summed E-state index contributed by atoms with van der Waals surface area (Å²) < 4.78 is 4.93. The Morgan fingerprint density at radius 1 is 1.65 bits per heavy atom. The maximum atomic E-state index is 11.9. The standard InChI is InChI=1S/C10H15N5O2/c1-15-4-3-7(14-15)10(16)13-8-5-11-6-9(12-8)17-2/h5-7,14H,3-4H2,1-2H3,(H,12,13,16). The van der Waals surface area contributed by atoms with Crippen LogP contribution in [0.5, 0.6) is 5.88 Å². The summed E-state index contributed by atoms with van der Waals surface area (Å²) in [5.74, 6) is 0.655. The van der Waals surface area contributed by atoms with Gasteiger partial charge in [-0.1, -0.05) is 0 Å². The van der Waals surface area contributed by atoms with Gasteiger partial charge in [-0.05, 0) is 6.42 Å². The third kappa shape index (κ3) is 2.89. The van der Waals surface area contributed by atoms with Crippen LogP contribution in [-0.2, 0) is 4.79 Å². The lowest BCUT2D eigenvalue weighted by Gasteiger charge is -2.12. The summed E-state index contributed by atoms with van der Waals surface area (Å²) in [6.45, 7) is 0.849. The predicted molar refractivity (Wildman–Crippen MR) is 61.4 cm³/mol. The number of amides is 1. The van der Waals surface area contributed by atoms with E-state index in [0.717, 1.165) is 13.0 Å². The minimum absolute atomic E-state index is 0.114. The molecule has 2 heterocycles. The molecule has 1 atom stereocenters. The van der Waals surface area contributed by atoms with Crippen molar-refractivity contribution in [3.63, 3.8) is 0 Å². The number of rotatable bonds is 3. The van der Waals surface area contributed by atoms with E-state index in [-0.39, 0.29) is 11.9 Å². The Bertz CT molecular complexity index is 411. The highest BCUT2D eigenvalue weighted by molar-refractivity contribution is 5.94. The van der Waals surface area contributed by atoms with Gasteiger partial charge >= 0.3 is 0 Å². The highest BCUT2D eigenvalue weighted by Crippen LogP contribution is 2.10. The Balaban J connectivity index is 1.98. The zero-order chi connectivity index (χ0) is 12.3. The van der Waals surface area contributed by atoms with E-state index >= 15 is 0 Å². The van der Waals surface area contributed by atoms with Crippen molar-refractivity contribution in [3.8, 4) is 5.88 Å². The van der Waals surface area contributed by atoms with Gasteiger partial charge < -0.3 is 10.1 Å². The van der Waals surface area contributed by atoms with Crippen molar-refractivity contribution in [3.05, 3.63) is 12.4 Å². The lowest BCUT2D eigenvalue weighted by molar-refractivity contribution is -0.118. The van der Waals surface area contributed by atoms with Gasteiger partial charge in [-0.15, -0.1) is 0 Å². The van der Waals surface area contributed by atoms with E-state index in [1.165, 1.54) is 19.5 Å². The third-order valence-corrected chi connectivity index (χ3v) is 2.52. The number of aromatic nitrogens is 2. The number of carbonyl (C=O) groups is 1. The van der Waals surface area contributed by atoms with Gasteiger partial charge in [0.2, 0.25) is 11.8 Å². The molecule has 0 aromatic carbocycles. The van der Waals surface area contributed by atoms with Gasteiger partial charge in [0.05, 0.1) is 19.5 Å². The topological polar surface area (TPSA) is 79.4 Å². The Labute approximate surface area is 99.2 Å². The van der Waals surface area contributed by atoms with Gasteiger partial charge in [0, 0.05) is 13.6 Å². The predicted octanol–water partition coefficient (Wildman–Crippen LogP) is -0.368. The van der Waals surface area contributed by atoms with Crippen LogP contribution in [0.1, 0.15) is 6.42 Å². The highest BCUT2D eigenvalue weighted by atomic mass is 16.5. The number of ether oxygens (including phenoxy) is 1. The molecule has 0 bridgehead atoms. The van der Waals surface area contributed by atoms with E-state index in [2.05, 4.69) is 20.7 Å². The molecule has 1 saturated heterocycles. The first-order valence-corrected chi connectivity index (χ1v) is 5.33. The molecule has 0 aliphatic carbocycles. The first-order valence-electron chi connectivity index (χ1n) is 5.33. The maximum Gasteiger partial charge on any atom is 0.244 e. The summed E-state index contributed by atoms with van der Waals surface area (Å²) in [7, 11) is 3.40. The highest BCUT2D eigenvalue weighted by Gasteiger charge is 2.25. The summed E-state index contributed by atoms with van der Waals surface area (Å²) in [6, 6.07) is -0.215. The lowest BCUT2D eigenvalue weighted by Crippen LogP contribution is -2.40. The molecule has 7 heteroatoms. The summed E-state index contributed by atoms with van der Waals surface area (Å²) in [5, 5.41) is 4.59. The zero-order valence-corrected chi connectivity index (χ0v) is 9.80. The molecular weight excluding hydrogens is 222 g/mol. The van der Waals surface area contributed by atoms with E-state index in [1.807, 2.05) is 12.1 Å². The van der Waals surface area contributed by atoms with Crippen LogP contribution < -0.4 is 15.5 Å². The minimum Gasteiger partial charge on any atom is -0.480 e. The molecule has 1 fully saturated rings. The van der Waals surface area contributed by atoms with E-state index in [4.69, 9.17) is 4.74 Å². The van der Waals surface area contributed by atoms with Crippen LogP contribution in [0.2, 0.25) is 0 Å². The van der Waals surface area contributed by atoms with E-state index in [9.17, 15) is 4.79 Å². The quantitative estimate of drug-likeness (QED) is 0.747. The fourth-order valence-electron chi connectivity index (χ4n) is 1.63. The third-order valence-electron chi connectivity index (χ3n) is 2.52.